The summed E-state index contributed by atoms with van der Waals surface area (Å²) in [6.45, 7) is 3.48. The summed E-state index contributed by atoms with van der Waals surface area (Å²) in [4.78, 5) is 12.1. The molecule has 20 heavy (non-hydrogen) atoms. The summed E-state index contributed by atoms with van der Waals surface area (Å²) >= 11 is 0. The maximum absolute atomic E-state index is 12.8. The Morgan fingerprint density at radius 3 is 2.70 bits per heavy atom. The summed E-state index contributed by atoms with van der Waals surface area (Å²) in [6.07, 6.45) is -3.84. The van der Waals surface area contributed by atoms with Gasteiger partial charge in [0.1, 0.15) is 5.69 Å². The van der Waals surface area contributed by atoms with Crippen LogP contribution in [0.25, 0.3) is 0 Å². The molecule has 1 N–H and O–H groups in total. The molecule has 0 bridgehead atoms. The number of nitrogens with one attached hydrogen (secondary N) is 1. The third kappa shape index (κ3) is 2.63. The molecule has 1 heterocycles. The van der Waals surface area contributed by atoms with Crippen LogP contribution in [0.5, 0.6) is 0 Å². The highest BCUT2D eigenvalue weighted by Gasteiger charge is 2.36. The third-order valence-electron chi connectivity index (χ3n) is 3.12. The third-order valence-corrected chi connectivity index (χ3v) is 3.12. The predicted molar refractivity (Wildman–Crippen MR) is 69.1 cm³/mol. The fourth-order valence-corrected chi connectivity index (χ4v) is 2.32. The maximum atomic E-state index is 12.8. The van der Waals surface area contributed by atoms with E-state index in [0.717, 1.165) is 12.5 Å². The molecule has 8 heteroatoms. The summed E-state index contributed by atoms with van der Waals surface area (Å²) in [5, 5.41) is 13.9. The van der Waals surface area contributed by atoms with Gasteiger partial charge in [0.05, 0.1) is 16.2 Å². The van der Waals surface area contributed by atoms with Crippen molar-refractivity contribution < 1.29 is 18.1 Å². The highest BCUT2D eigenvalue weighted by molar-refractivity contribution is 5.82. The Balaban J connectivity index is 2.60. The average Bonchev–Trinajstić information content (AvgIpc) is 2.36. The summed E-state index contributed by atoms with van der Waals surface area (Å²) in [7, 11) is 0. The van der Waals surface area contributed by atoms with Gasteiger partial charge in [-0.15, -0.1) is 0 Å². The minimum atomic E-state index is -4.60. The van der Waals surface area contributed by atoms with E-state index in [1.54, 1.807) is 4.90 Å². The van der Waals surface area contributed by atoms with Crippen LogP contribution in [0.4, 0.5) is 30.2 Å². The number of halogens is 3. The molecular weight excluding hydrogens is 275 g/mol. The molecule has 0 aromatic heterocycles. The number of alkyl halides is 3. The number of fused-ring (bicyclic) bond motifs is 1. The smallest absolute Gasteiger partial charge is 0.381 e. The van der Waals surface area contributed by atoms with Gasteiger partial charge in [-0.05, 0) is 12.5 Å². The number of rotatable bonds is 3. The number of hydrogen-bond acceptors (Lipinski definition) is 4. The monoisotopic (exact) mass is 289 g/mol. The molecule has 1 aromatic rings. The van der Waals surface area contributed by atoms with Crippen molar-refractivity contribution in [2.75, 3.05) is 29.9 Å². The molecule has 1 aliphatic rings. The van der Waals surface area contributed by atoms with Crippen LogP contribution >= 0.6 is 0 Å². The normalized spacial score (nSPS) is 14.7. The van der Waals surface area contributed by atoms with Crippen molar-refractivity contribution in [2.45, 2.75) is 19.5 Å². The number of nitrogens with zero attached hydrogens (tertiary/aromatic N) is 2. The lowest BCUT2D eigenvalue weighted by Crippen LogP contribution is -2.35. The van der Waals surface area contributed by atoms with Crippen molar-refractivity contribution >= 4 is 17.1 Å². The lowest BCUT2D eigenvalue weighted by atomic mass is 10.1. The first-order chi connectivity index (χ1) is 9.34. The molecule has 0 spiro atoms. The van der Waals surface area contributed by atoms with Crippen molar-refractivity contribution in [3.05, 3.63) is 27.8 Å². The van der Waals surface area contributed by atoms with E-state index in [4.69, 9.17) is 0 Å². The second-order valence-corrected chi connectivity index (χ2v) is 4.56. The number of hydrogen-bond donors (Lipinski definition) is 1. The summed E-state index contributed by atoms with van der Waals surface area (Å²) in [5.41, 5.74) is -1.09. The van der Waals surface area contributed by atoms with Gasteiger partial charge in [0.2, 0.25) is 0 Å². The van der Waals surface area contributed by atoms with Crippen LogP contribution in [0.15, 0.2) is 12.1 Å². The Kier molecular flexibility index (Phi) is 3.74. The fourth-order valence-electron chi connectivity index (χ4n) is 2.32. The van der Waals surface area contributed by atoms with E-state index in [9.17, 15) is 23.3 Å². The number of benzene rings is 1. The molecule has 0 radical (unpaired) electrons. The standard InChI is InChI=1S/C12H14F3N3O2/c1-2-4-17-5-3-16-9-6-8(12(13,14)15)7-10(11(9)17)18(19)20/h6-7,16H,2-5H2,1H3. The molecule has 0 fully saturated rings. The molecule has 0 saturated heterocycles. The largest absolute Gasteiger partial charge is 0.416 e. The van der Waals surface area contributed by atoms with E-state index < -0.39 is 22.4 Å². The number of nitro benzene ring substituents is 1. The van der Waals surface area contributed by atoms with Gasteiger partial charge in [0.15, 0.2) is 0 Å². The lowest BCUT2D eigenvalue weighted by Gasteiger charge is -2.31. The average molecular weight is 289 g/mol. The summed E-state index contributed by atoms with van der Waals surface area (Å²) < 4.78 is 38.3. The van der Waals surface area contributed by atoms with E-state index in [2.05, 4.69) is 5.32 Å². The van der Waals surface area contributed by atoms with Crippen LogP contribution in [0.1, 0.15) is 18.9 Å². The summed E-state index contributed by atoms with van der Waals surface area (Å²) in [6, 6.07) is 1.54. The van der Waals surface area contributed by atoms with Crippen molar-refractivity contribution in [3.63, 3.8) is 0 Å². The van der Waals surface area contributed by atoms with E-state index >= 15 is 0 Å². The van der Waals surface area contributed by atoms with Gasteiger partial charge in [0, 0.05) is 25.7 Å². The summed E-state index contributed by atoms with van der Waals surface area (Å²) in [5.74, 6) is 0. The molecule has 5 nitrogen and oxygen atoms in total. The predicted octanol–water partition coefficient (Wildman–Crippen LogP) is 3.26. The second kappa shape index (κ2) is 5.18. The molecule has 110 valence electrons. The molecule has 0 amide bonds. The maximum Gasteiger partial charge on any atom is 0.416 e. The van der Waals surface area contributed by atoms with Gasteiger partial charge < -0.3 is 10.2 Å². The molecule has 1 aromatic carbocycles. The zero-order valence-corrected chi connectivity index (χ0v) is 10.8. The Labute approximate surface area is 113 Å². The molecule has 0 atom stereocenters. The first-order valence-corrected chi connectivity index (χ1v) is 6.23. The Bertz CT molecular complexity index is 531. The van der Waals surface area contributed by atoms with Gasteiger partial charge in [-0.1, -0.05) is 6.92 Å². The Morgan fingerprint density at radius 2 is 2.15 bits per heavy atom. The second-order valence-electron chi connectivity index (χ2n) is 4.56. The van der Waals surface area contributed by atoms with E-state index in [1.165, 1.54) is 0 Å². The van der Waals surface area contributed by atoms with Crippen LogP contribution in [-0.4, -0.2) is 24.6 Å². The molecular formula is C12H14F3N3O2. The van der Waals surface area contributed by atoms with E-state index in [-0.39, 0.29) is 11.4 Å². The molecule has 2 rings (SSSR count). The molecule has 0 aliphatic carbocycles. The van der Waals surface area contributed by atoms with E-state index in [1.807, 2.05) is 6.92 Å². The van der Waals surface area contributed by atoms with Gasteiger partial charge in [-0.3, -0.25) is 10.1 Å². The van der Waals surface area contributed by atoms with Crippen LogP contribution < -0.4 is 10.2 Å². The topological polar surface area (TPSA) is 58.4 Å². The minimum Gasteiger partial charge on any atom is -0.381 e. The Morgan fingerprint density at radius 1 is 1.45 bits per heavy atom. The van der Waals surface area contributed by atoms with Crippen LogP contribution in [-0.2, 0) is 6.18 Å². The zero-order chi connectivity index (χ0) is 14.9. The SMILES string of the molecule is CCCN1CCNc2cc(C(F)(F)F)cc([N+](=O)[O-])c21. The quantitative estimate of drug-likeness (QED) is 0.685. The van der Waals surface area contributed by atoms with Crippen molar-refractivity contribution in [2.24, 2.45) is 0 Å². The van der Waals surface area contributed by atoms with Gasteiger partial charge >= 0.3 is 6.18 Å². The number of anilines is 2. The van der Waals surface area contributed by atoms with Crippen LogP contribution in [0.2, 0.25) is 0 Å². The molecule has 0 unspecified atom stereocenters. The van der Waals surface area contributed by atoms with E-state index in [0.29, 0.717) is 25.7 Å². The molecule has 0 saturated carbocycles. The minimum absolute atomic E-state index is 0.172. The van der Waals surface area contributed by atoms with Crippen LogP contribution in [0, 0.1) is 10.1 Å². The van der Waals surface area contributed by atoms with Crippen molar-refractivity contribution in [1.29, 1.82) is 0 Å². The van der Waals surface area contributed by atoms with Gasteiger partial charge in [-0.2, -0.15) is 13.2 Å². The van der Waals surface area contributed by atoms with Crippen LogP contribution in [0.3, 0.4) is 0 Å². The Hall–Kier alpha value is -1.99. The van der Waals surface area contributed by atoms with Gasteiger partial charge in [-0.25, -0.2) is 0 Å². The highest BCUT2D eigenvalue weighted by atomic mass is 19.4. The first kappa shape index (κ1) is 14.4. The highest BCUT2D eigenvalue weighted by Crippen LogP contribution is 2.43. The molecule has 1 aliphatic heterocycles. The van der Waals surface area contributed by atoms with Gasteiger partial charge in [0.25, 0.3) is 5.69 Å². The van der Waals surface area contributed by atoms with Crippen molar-refractivity contribution in [1.82, 2.24) is 0 Å². The first-order valence-electron chi connectivity index (χ1n) is 6.23. The number of nitro groups is 1. The fraction of sp³-hybridized carbons (Fsp3) is 0.500. The van der Waals surface area contributed by atoms with Crippen molar-refractivity contribution in [3.8, 4) is 0 Å². The lowest BCUT2D eigenvalue weighted by molar-refractivity contribution is -0.384. The zero-order valence-electron chi connectivity index (χ0n) is 10.8.